The standard InChI is InChI=1S/C18H21N3O4/c1-18(2,3)25-17(23)21-9-14(10-21)20-16(22)13-6-4-12(5-7-13)15-8-19-11-24-15/h4-8,11,14H,9-10H2,1-3H3,(H,20,22). The first-order valence-corrected chi connectivity index (χ1v) is 8.09. The van der Waals surface area contributed by atoms with Crippen LogP contribution in [0.3, 0.4) is 0 Å². The largest absolute Gasteiger partial charge is 0.444 e. The predicted octanol–water partition coefficient (Wildman–Crippen LogP) is 2.69. The van der Waals surface area contributed by atoms with E-state index in [0.29, 0.717) is 24.4 Å². The molecule has 2 amide bonds. The van der Waals surface area contributed by atoms with Gasteiger partial charge in [-0.05, 0) is 32.9 Å². The summed E-state index contributed by atoms with van der Waals surface area (Å²) in [6.45, 7) is 6.39. The Morgan fingerprint density at radius 2 is 1.92 bits per heavy atom. The number of ether oxygens (including phenoxy) is 1. The molecule has 0 unspecified atom stereocenters. The lowest BCUT2D eigenvalue weighted by Crippen LogP contribution is -2.61. The lowest BCUT2D eigenvalue weighted by atomic mass is 10.1. The fourth-order valence-corrected chi connectivity index (χ4v) is 2.46. The second-order valence-corrected chi connectivity index (χ2v) is 7.00. The van der Waals surface area contributed by atoms with Gasteiger partial charge in [-0.2, -0.15) is 0 Å². The number of nitrogens with one attached hydrogen (secondary N) is 1. The number of hydrogen-bond donors (Lipinski definition) is 1. The maximum atomic E-state index is 12.3. The number of carbonyl (C=O) groups excluding carboxylic acids is 2. The molecule has 1 saturated heterocycles. The topological polar surface area (TPSA) is 84.7 Å². The van der Waals surface area contributed by atoms with Gasteiger partial charge in [0.05, 0.1) is 12.2 Å². The molecule has 1 N–H and O–H groups in total. The van der Waals surface area contributed by atoms with Gasteiger partial charge in [-0.1, -0.05) is 12.1 Å². The maximum Gasteiger partial charge on any atom is 0.410 e. The SMILES string of the molecule is CC(C)(C)OC(=O)N1CC(NC(=O)c2ccc(-c3cnco3)cc2)C1. The van der Waals surface area contributed by atoms with Crippen molar-refractivity contribution in [2.75, 3.05) is 13.1 Å². The molecule has 7 nitrogen and oxygen atoms in total. The molecule has 1 aliphatic rings. The monoisotopic (exact) mass is 343 g/mol. The summed E-state index contributed by atoms with van der Waals surface area (Å²) in [5, 5.41) is 2.91. The van der Waals surface area contributed by atoms with E-state index in [4.69, 9.17) is 9.15 Å². The van der Waals surface area contributed by atoms with Crippen molar-refractivity contribution in [3.63, 3.8) is 0 Å². The van der Waals surface area contributed by atoms with Gasteiger partial charge in [0.2, 0.25) is 0 Å². The van der Waals surface area contributed by atoms with Crippen LogP contribution in [0.5, 0.6) is 0 Å². The van der Waals surface area contributed by atoms with Gasteiger partial charge in [0.15, 0.2) is 12.2 Å². The lowest BCUT2D eigenvalue weighted by molar-refractivity contribution is 0.00533. The van der Waals surface area contributed by atoms with Crippen molar-refractivity contribution in [3.8, 4) is 11.3 Å². The van der Waals surface area contributed by atoms with E-state index in [9.17, 15) is 9.59 Å². The van der Waals surface area contributed by atoms with Crippen LogP contribution in [-0.4, -0.2) is 46.6 Å². The highest BCUT2D eigenvalue weighted by Crippen LogP contribution is 2.19. The van der Waals surface area contributed by atoms with Gasteiger partial charge in [-0.25, -0.2) is 9.78 Å². The molecule has 0 aliphatic carbocycles. The highest BCUT2D eigenvalue weighted by Gasteiger charge is 2.34. The summed E-state index contributed by atoms with van der Waals surface area (Å²) in [6.07, 6.45) is 2.63. The summed E-state index contributed by atoms with van der Waals surface area (Å²) >= 11 is 0. The highest BCUT2D eigenvalue weighted by molar-refractivity contribution is 5.95. The van der Waals surface area contributed by atoms with Crippen LogP contribution in [0.4, 0.5) is 4.79 Å². The minimum absolute atomic E-state index is 0.0611. The number of rotatable bonds is 3. The van der Waals surface area contributed by atoms with E-state index in [1.165, 1.54) is 6.39 Å². The Kier molecular flexibility index (Phi) is 4.48. The summed E-state index contributed by atoms with van der Waals surface area (Å²) in [7, 11) is 0. The van der Waals surface area contributed by atoms with E-state index in [-0.39, 0.29) is 18.0 Å². The van der Waals surface area contributed by atoms with Crippen LogP contribution in [0, 0.1) is 0 Å². The van der Waals surface area contributed by atoms with Crippen molar-refractivity contribution in [3.05, 3.63) is 42.4 Å². The first-order valence-electron chi connectivity index (χ1n) is 8.09. The van der Waals surface area contributed by atoms with Crippen molar-refractivity contribution in [1.29, 1.82) is 0 Å². The fourth-order valence-electron chi connectivity index (χ4n) is 2.46. The number of carbonyl (C=O) groups is 2. The Bertz CT molecular complexity index is 742. The van der Waals surface area contributed by atoms with Crippen molar-refractivity contribution in [2.24, 2.45) is 0 Å². The fraction of sp³-hybridized carbons (Fsp3) is 0.389. The molecule has 1 aliphatic heterocycles. The first kappa shape index (κ1) is 17.0. The van der Waals surface area contributed by atoms with Crippen LogP contribution in [-0.2, 0) is 4.74 Å². The van der Waals surface area contributed by atoms with Gasteiger partial charge < -0.3 is 19.4 Å². The molecule has 25 heavy (non-hydrogen) atoms. The lowest BCUT2D eigenvalue weighted by Gasteiger charge is -2.39. The molecule has 0 spiro atoms. The highest BCUT2D eigenvalue weighted by atomic mass is 16.6. The number of benzene rings is 1. The van der Waals surface area contributed by atoms with Crippen molar-refractivity contribution in [1.82, 2.24) is 15.2 Å². The molecule has 2 aromatic rings. The Labute approximate surface area is 146 Å². The van der Waals surface area contributed by atoms with Crippen LogP contribution < -0.4 is 5.32 Å². The van der Waals surface area contributed by atoms with E-state index in [1.807, 2.05) is 32.9 Å². The van der Waals surface area contributed by atoms with Gasteiger partial charge in [0.1, 0.15) is 5.60 Å². The van der Waals surface area contributed by atoms with Crippen LogP contribution in [0.2, 0.25) is 0 Å². The van der Waals surface area contributed by atoms with E-state index in [1.54, 1.807) is 23.2 Å². The van der Waals surface area contributed by atoms with Crippen LogP contribution in [0.1, 0.15) is 31.1 Å². The third-order valence-electron chi connectivity index (χ3n) is 3.73. The molecule has 1 aromatic carbocycles. The molecule has 1 fully saturated rings. The summed E-state index contributed by atoms with van der Waals surface area (Å²) in [5.41, 5.74) is 0.893. The molecule has 0 radical (unpaired) electrons. The third kappa shape index (κ3) is 4.17. The first-order chi connectivity index (χ1) is 11.8. The number of likely N-dealkylation sites (tertiary alicyclic amines) is 1. The molecule has 2 heterocycles. The number of aromatic nitrogens is 1. The Morgan fingerprint density at radius 3 is 2.48 bits per heavy atom. The molecule has 0 atom stereocenters. The van der Waals surface area contributed by atoms with Gasteiger partial charge in [0, 0.05) is 24.2 Å². The summed E-state index contributed by atoms with van der Waals surface area (Å²) in [6, 6.07) is 7.02. The zero-order chi connectivity index (χ0) is 18.0. The zero-order valence-electron chi connectivity index (χ0n) is 14.5. The number of amides is 2. The predicted molar refractivity (Wildman–Crippen MR) is 91.0 cm³/mol. The summed E-state index contributed by atoms with van der Waals surface area (Å²) in [4.78, 5) is 29.6. The normalized spacial score (nSPS) is 14.8. The van der Waals surface area contributed by atoms with Crippen LogP contribution in [0.15, 0.2) is 41.3 Å². The van der Waals surface area contributed by atoms with E-state index in [2.05, 4.69) is 10.3 Å². The quantitative estimate of drug-likeness (QED) is 0.926. The third-order valence-corrected chi connectivity index (χ3v) is 3.73. The van der Waals surface area contributed by atoms with Gasteiger partial charge >= 0.3 is 6.09 Å². The Hall–Kier alpha value is -2.83. The minimum atomic E-state index is -0.517. The molecular weight excluding hydrogens is 322 g/mol. The molecule has 1 aromatic heterocycles. The average Bonchev–Trinajstić information content (AvgIpc) is 3.02. The molecule has 7 heteroatoms. The van der Waals surface area contributed by atoms with Gasteiger partial charge in [0.25, 0.3) is 5.91 Å². The maximum absolute atomic E-state index is 12.3. The average molecular weight is 343 g/mol. The Morgan fingerprint density at radius 1 is 1.24 bits per heavy atom. The molecule has 0 bridgehead atoms. The van der Waals surface area contributed by atoms with E-state index in [0.717, 1.165) is 5.56 Å². The van der Waals surface area contributed by atoms with Crippen molar-refractivity contribution < 1.29 is 18.7 Å². The smallest absolute Gasteiger partial charge is 0.410 e. The van der Waals surface area contributed by atoms with Crippen LogP contribution >= 0.6 is 0 Å². The minimum Gasteiger partial charge on any atom is -0.444 e. The number of oxazole rings is 1. The van der Waals surface area contributed by atoms with Crippen molar-refractivity contribution >= 4 is 12.0 Å². The molecular formula is C18H21N3O4. The summed E-state index contributed by atoms with van der Waals surface area (Å²) < 4.78 is 10.5. The summed E-state index contributed by atoms with van der Waals surface area (Å²) in [5.74, 6) is 0.483. The van der Waals surface area contributed by atoms with Gasteiger partial charge in [-0.15, -0.1) is 0 Å². The molecule has 132 valence electrons. The second-order valence-electron chi connectivity index (χ2n) is 7.00. The number of hydrogen-bond acceptors (Lipinski definition) is 5. The zero-order valence-corrected chi connectivity index (χ0v) is 14.5. The number of nitrogens with zero attached hydrogens (tertiary/aromatic N) is 2. The molecule has 3 rings (SSSR count). The van der Waals surface area contributed by atoms with Crippen molar-refractivity contribution in [2.45, 2.75) is 32.4 Å². The van der Waals surface area contributed by atoms with E-state index >= 15 is 0 Å². The van der Waals surface area contributed by atoms with E-state index < -0.39 is 5.60 Å². The molecule has 0 saturated carbocycles. The second kappa shape index (κ2) is 6.58. The van der Waals surface area contributed by atoms with Crippen LogP contribution in [0.25, 0.3) is 11.3 Å². The Balaban J connectivity index is 1.50. The van der Waals surface area contributed by atoms with Gasteiger partial charge in [-0.3, -0.25) is 4.79 Å².